The minimum atomic E-state index is -0.0146. The number of aliphatic hydroxyl groups excluding tert-OH is 1. The van der Waals surface area contributed by atoms with Crippen LogP contribution in [-0.2, 0) is 0 Å². The molecule has 0 fully saturated rings. The van der Waals surface area contributed by atoms with E-state index >= 15 is 0 Å². The first kappa shape index (κ1) is 17.9. The molecule has 1 aliphatic rings. The van der Waals surface area contributed by atoms with Gasteiger partial charge < -0.3 is 15.1 Å². The van der Waals surface area contributed by atoms with Crippen LogP contribution < -0.4 is 4.90 Å². The number of nitrogens with zero attached hydrogens (tertiary/aromatic N) is 2. The van der Waals surface area contributed by atoms with Gasteiger partial charge in [0.15, 0.2) is 0 Å². The highest BCUT2D eigenvalue weighted by Crippen LogP contribution is 2.38. The molecule has 5 nitrogen and oxygen atoms in total. The fraction of sp³-hybridized carbons (Fsp3) is 0.0526. The fourth-order valence-corrected chi connectivity index (χ4v) is 4.05. The van der Waals surface area contributed by atoms with E-state index in [1.165, 1.54) is 22.3 Å². The molecule has 0 aliphatic carbocycles. The van der Waals surface area contributed by atoms with Crippen LogP contribution in [0.25, 0.3) is 16.8 Å². The van der Waals surface area contributed by atoms with Crippen LogP contribution in [-0.4, -0.2) is 27.6 Å². The molecule has 1 aromatic heterocycles. The molecule has 0 unspecified atom stereocenters. The topological polar surface area (TPSA) is 80.4 Å². The molecule has 0 amide bonds. The van der Waals surface area contributed by atoms with Gasteiger partial charge in [0.1, 0.15) is 22.4 Å². The minimum absolute atomic E-state index is 0.0146. The number of rotatable bonds is 3. The second-order valence-electron chi connectivity index (χ2n) is 5.93. The average Bonchev–Trinajstić information content (AvgIpc) is 3.22. The van der Waals surface area contributed by atoms with E-state index in [0.29, 0.717) is 26.3 Å². The fourth-order valence-electron chi connectivity index (χ4n) is 2.86. The van der Waals surface area contributed by atoms with Crippen molar-refractivity contribution in [3.8, 4) is 17.0 Å². The lowest BCUT2D eigenvalue weighted by Crippen LogP contribution is -2.26. The van der Waals surface area contributed by atoms with Crippen LogP contribution in [0, 0.1) is 5.41 Å². The van der Waals surface area contributed by atoms with Gasteiger partial charge in [-0.25, -0.2) is 4.98 Å². The van der Waals surface area contributed by atoms with E-state index in [1.807, 2.05) is 17.5 Å². The number of aliphatic hydroxyl groups is 1. The summed E-state index contributed by atoms with van der Waals surface area (Å²) in [4.78, 5) is 6.06. The third-order valence-electron chi connectivity index (χ3n) is 4.19. The van der Waals surface area contributed by atoms with Gasteiger partial charge in [-0.1, -0.05) is 35.3 Å². The number of nitrogens with one attached hydrogen (secondary N) is 1. The number of benzene rings is 2. The molecule has 3 N–H and O–H groups in total. The number of aromatic hydroxyl groups is 1. The van der Waals surface area contributed by atoms with E-state index in [2.05, 4.69) is 4.98 Å². The van der Waals surface area contributed by atoms with Crippen molar-refractivity contribution in [1.29, 1.82) is 5.41 Å². The number of hydrogen-bond donors (Lipinski definition) is 3. The van der Waals surface area contributed by atoms with Gasteiger partial charge >= 0.3 is 0 Å². The Balaban J connectivity index is 1.67. The molecule has 0 saturated carbocycles. The summed E-state index contributed by atoms with van der Waals surface area (Å²) in [6.45, 7) is 0.0674. The molecule has 8 heteroatoms. The zero-order chi connectivity index (χ0) is 19.1. The summed E-state index contributed by atoms with van der Waals surface area (Å²) in [7, 11) is 0. The SMILES string of the molecule is N=C1C(c2nc(-c3ccc(Cl)cc3)cs2)=C(O)CN1c1cc(Cl)ccc1O. The second kappa shape index (κ2) is 6.88. The van der Waals surface area contributed by atoms with Gasteiger partial charge in [-0.15, -0.1) is 11.3 Å². The molecule has 4 rings (SSSR count). The van der Waals surface area contributed by atoms with Crippen LogP contribution in [0.5, 0.6) is 5.75 Å². The van der Waals surface area contributed by atoms with Gasteiger partial charge in [-0.3, -0.25) is 5.41 Å². The molecular weight excluding hydrogens is 405 g/mol. The molecular formula is C19H13Cl2N3O2S. The lowest BCUT2D eigenvalue weighted by molar-refractivity contribution is 0.411. The number of aromatic nitrogens is 1. The molecule has 27 heavy (non-hydrogen) atoms. The summed E-state index contributed by atoms with van der Waals surface area (Å²) < 4.78 is 0. The van der Waals surface area contributed by atoms with Crippen molar-refractivity contribution in [1.82, 2.24) is 4.98 Å². The number of halogens is 2. The van der Waals surface area contributed by atoms with E-state index in [4.69, 9.17) is 28.6 Å². The van der Waals surface area contributed by atoms with Crippen molar-refractivity contribution in [3.63, 3.8) is 0 Å². The number of phenolic OH excluding ortho intramolecular Hbond substituents is 1. The number of phenols is 1. The normalized spacial score (nSPS) is 14.3. The smallest absolute Gasteiger partial charge is 0.139 e. The Bertz CT molecular complexity index is 1080. The van der Waals surface area contributed by atoms with Gasteiger partial charge in [-0.2, -0.15) is 0 Å². The molecule has 2 heterocycles. The third kappa shape index (κ3) is 3.27. The Morgan fingerprint density at radius 1 is 1.04 bits per heavy atom. The number of hydrogen-bond acceptors (Lipinski definition) is 5. The Hall–Kier alpha value is -2.54. The number of anilines is 1. The van der Waals surface area contributed by atoms with E-state index in [0.717, 1.165) is 11.3 Å². The van der Waals surface area contributed by atoms with Gasteiger partial charge in [0.05, 0.1) is 23.5 Å². The van der Waals surface area contributed by atoms with Crippen molar-refractivity contribution in [2.45, 2.75) is 0 Å². The summed E-state index contributed by atoms with van der Waals surface area (Å²) in [6, 6.07) is 11.9. The largest absolute Gasteiger partial charge is 0.510 e. The van der Waals surface area contributed by atoms with Crippen LogP contribution in [0.15, 0.2) is 53.6 Å². The van der Waals surface area contributed by atoms with Crippen molar-refractivity contribution in [2.75, 3.05) is 11.4 Å². The van der Waals surface area contributed by atoms with Crippen molar-refractivity contribution in [3.05, 3.63) is 68.7 Å². The minimum Gasteiger partial charge on any atom is -0.510 e. The first-order chi connectivity index (χ1) is 12.9. The van der Waals surface area contributed by atoms with Crippen LogP contribution in [0.3, 0.4) is 0 Å². The molecule has 136 valence electrons. The molecule has 0 spiro atoms. The Labute approximate surface area is 169 Å². The van der Waals surface area contributed by atoms with Gasteiger partial charge in [0.2, 0.25) is 0 Å². The highest BCUT2D eigenvalue weighted by Gasteiger charge is 2.32. The standard InChI is InChI=1S/C19H13Cl2N3O2S/c20-11-3-1-10(2-4-11)13-9-27-19(23-13)17-16(26)8-24(18(17)22)14-7-12(21)5-6-15(14)25/h1-7,9,22,25-26H,8H2. The molecule has 0 radical (unpaired) electrons. The molecule has 0 atom stereocenters. The van der Waals surface area contributed by atoms with Gasteiger partial charge in [0, 0.05) is 21.0 Å². The number of amidine groups is 1. The van der Waals surface area contributed by atoms with E-state index < -0.39 is 0 Å². The van der Waals surface area contributed by atoms with Crippen molar-refractivity contribution >= 4 is 51.6 Å². The van der Waals surface area contributed by atoms with E-state index in [9.17, 15) is 10.2 Å². The average molecular weight is 418 g/mol. The third-order valence-corrected chi connectivity index (χ3v) is 5.54. The highest BCUT2D eigenvalue weighted by atomic mass is 35.5. The van der Waals surface area contributed by atoms with Crippen LogP contribution in [0.2, 0.25) is 10.0 Å². The predicted octanol–water partition coefficient (Wildman–Crippen LogP) is 5.59. The Kier molecular flexibility index (Phi) is 4.55. The predicted molar refractivity (Wildman–Crippen MR) is 110 cm³/mol. The van der Waals surface area contributed by atoms with Gasteiger partial charge in [-0.05, 0) is 30.3 Å². The molecule has 3 aromatic rings. The first-order valence-corrected chi connectivity index (χ1v) is 9.56. The zero-order valence-electron chi connectivity index (χ0n) is 13.8. The van der Waals surface area contributed by atoms with Crippen LogP contribution in [0.4, 0.5) is 5.69 Å². The summed E-state index contributed by atoms with van der Waals surface area (Å²) in [6.07, 6.45) is 0. The molecule has 1 aliphatic heterocycles. The van der Waals surface area contributed by atoms with E-state index in [-0.39, 0.29) is 23.9 Å². The molecule has 0 saturated heterocycles. The lowest BCUT2D eigenvalue weighted by atomic mass is 10.2. The van der Waals surface area contributed by atoms with Crippen LogP contribution >= 0.6 is 34.5 Å². The molecule has 0 bridgehead atoms. The number of thiazole rings is 1. The second-order valence-corrected chi connectivity index (χ2v) is 7.67. The monoisotopic (exact) mass is 417 g/mol. The quantitative estimate of drug-likeness (QED) is 0.518. The maximum Gasteiger partial charge on any atom is 0.139 e. The van der Waals surface area contributed by atoms with Gasteiger partial charge in [0.25, 0.3) is 0 Å². The Morgan fingerprint density at radius 3 is 2.48 bits per heavy atom. The lowest BCUT2D eigenvalue weighted by Gasteiger charge is -2.19. The summed E-state index contributed by atoms with van der Waals surface area (Å²) in [5, 5.41) is 32.5. The summed E-state index contributed by atoms with van der Waals surface area (Å²) in [5.41, 5.74) is 2.35. The van der Waals surface area contributed by atoms with Crippen LogP contribution in [0.1, 0.15) is 5.01 Å². The van der Waals surface area contributed by atoms with E-state index in [1.54, 1.807) is 24.3 Å². The summed E-state index contributed by atoms with van der Waals surface area (Å²) >= 11 is 13.3. The maximum absolute atomic E-state index is 10.5. The van der Waals surface area contributed by atoms with Crippen molar-refractivity contribution in [2.24, 2.45) is 0 Å². The molecule has 2 aromatic carbocycles. The maximum atomic E-state index is 10.5. The Morgan fingerprint density at radius 2 is 1.74 bits per heavy atom. The first-order valence-electron chi connectivity index (χ1n) is 7.93. The summed E-state index contributed by atoms with van der Waals surface area (Å²) in [5.74, 6) is 0.0673. The zero-order valence-corrected chi connectivity index (χ0v) is 16.1. The van der Waals surface area contributed by atoms with Crippen molar-refractivity contribution < 1.29 is 10.2 Å². The highest BCUT2D eigenvalue weighted by molar-refractivity contribution is 7.11.